The van der Waals surface area contributed by atoms with E-state index in [2.05, 4.69) is 42.5 Å². The van der Waals surface area contributed by atoms with E-state index >= 15 is 0 Å². The summed E-state index contributed by atoms with van der Waals surface area (Å²) in [5.74, 6) is 3.20. The van der Waals surface area contributed by atoms with E-state index < -0.39 is 0 Å². The van der Waals surface area contributed by atoms with Crippen LogP contribution >= 0.6 is 0 Å². The van der Waals surface area contributed by atoms with Gasteiger partial charge in [-0.15, -0.1) is 0 Å². The summed E-state index contributed by atoms with van der Waals surface area (Å²) in [5.41, 5.74) is 1.92. The molecule has 1 atom stereocenters. The molecule has 12 nitrogen and oxygen atoms in total. The van der Waals surface area contributed by atoms with E-state index in [1.165, 1.54) is 71.2 Å². The zero-order chi connectivity index (χ0) is 34.8. The lowest BCUT2D eigenvalue weighted by atomic mass is 9.89. The molecule has 5 aliphatic rings. The van der Waals surface area contributed by atoms with Crippen LogP contribution in [0.15, 0.2) is 24.4 Å². The smallest absolute Gasteiger partial charge is 0.251 e. The van der Waals surface area contributed by atoms with E-state index in [1.807, 2.05) is 19.1 Å². The molecule has 12 heteroatoms. The van der Waals surface area contributed by atoms with Gasteiger partial charge in [-0.25, -0.2) is 9.99 Å². The lowest BCUT2D eigenvalue weighted by Crippen LogP contribution is -2.58. The fraction of sp³-hybridized carbons (Fsp3) is 0.684. The maximum atomic E-state index is 13.4. The summed E-state index contributed by atoms with van der Waals surface area (Å²) in [6.07, 6.45) is 14.5. The molecule has 1 aromatic carbocycles. The predicted octanol–water partition coefficient (Wildman–Crippen LogP) is 4.90. The molecule has 50 heavy (non-hydrogen) atoms. The molecule has 0 bridgehead atoms. The van der Waals surface area contributed by atoms with Gasteiger partial charge in [0.25, 0.3) is 11.8 Å². The number of hydrogen-bond acceptors (Lipinski definition) is 10. The third kappa shape index (κ3) is 7.72. The Bertz CT molecular complexity index is 1500. The second-order valence-electron chi connectivity index (χ2n) is 15.4. The van der Waals surface area contributed by atoms with Crippen LogP contribution in [0.5, 0.6) is 5.75 Å². The van der Waals surface area contributed by atoms with E-state index in [0.717, 1.165) is 38.1 Å². The Morgan fingerprint density at radius 3 is 2.42 bits per heavy atom. The van der Waals surface area contributed by atoms with Gasteiger partial charge in [0, 0.05) is 71.0 Å². The molecule has 3 saturated carbocycles. The van der Waals surface area contributed by atoms with Crippen LogP contribution in [0.3, 0.4) is 0 Å². The molecule has 2 aromatic rings. The Balaban J connectivity index is 0.978. The number of aromatic nitrogens is 2. The number of amides is 2. The molecule has 0 radical (unpaired) electrons. The molecule has 2 aliphatic heterocycles. The van der Waals surface area contributed by atoms with Gasteiger partial charge >= 0.3 is 0 Å². The van der Waals surface area contributed by atoms with Crippen molar-refractivity contribution in [2.75, 3.05) is 75.7 Å². The van der Waals surface area contributed by atoms with Crippen LogP contribution in [0.1, 0.15) is 87.9 Å². The highest BCUT2D eigenvalue weighted by atomic mass is 16.5. The van der Waals surface area contributed by atoms with Crippen molar-refractivity contribution in [1.82, 2.24) is 30.1 Å². The summed E-state index contributed by atoms with van der Waals surface area (Å²) in [6.45, 7) is 8.99. The molecular weight excluding hydrogens is 630 g/mol. The average molecular weight is 688 g/mol. The number of ether oxygens (including phenoxy) is 1. The Kier molecular flexibility index (Phi) is 10.8. The number of fused-ring (bicyclic) bond motifs is 1. The number of methoxy groups -OCH3 is 1. The molecule has 4 fully saturated rings. The lowest BCUT2D eigenvalue weighted by Gasteiger charge is -2.45. The van der Waals surface area contributed by atoms with Crippen molar-refractivity contribution in [3.05, 3.63) is 30.0 Å². The van der Waals surface area contributed by atoms with Crippen LogP contribution in [-0.4, -0.2) is 115 Å². The Hall–Kier alpha value is -3.48. The highest BCUT2D eigenvalue weighted by Crippen LogP contribution is 2.38. The highest BCUT2D eigenvalue weighted by Gasteiger charge is 2.40. The number of hydrogen-bond donors (Lipinski definition) is 2. The molecule has 1 unspecified atom stereocenters. The van der Waals surface area contributed by atoms with Crippen molar-refractivity contribution in [1.29, 1.82) is 0 Å². The van der Waals surface area contributed by atoms with Gasteiger partial charge in [0.1, 0.15) is 17.5 Å². The monoisotopic (exact) mass is 687 g/mol. The first-order valence-corrected chi connectivity index (χ1v) is 19.2. The number of hydrazine groups is 1. The van der Waals surface area contributed by atoms with Gasteiger partial charge in [0.2, 0.25) is 5.95 Å². The number of carbonyl (C=O) groups is 2. The average Bonchev–Trinajstić information content (AvgIpc) is 3.81. The molecule has 2 N–H and O–H groups in total. The van der Waals surface area contributed by atoms with Crippen LogP contribution in [0.25, 0.3) is 0 Å². The van der Waals surface area contributed by atoms with Gasteiger partial charge < -0.3 is 25.2 Å². The van der Waals surface area contributed by atoms with Crippen molar-refractivity contribution in [2.24, 2.45) is 11.8 Å². The van der Waals surface area contributed by atoms with E-state index in [4.69, 9.17) is 9.72 Å². The second-order valence-corrected chi connectivity index (χ2v) is 15.4. The first-order chi connectivity index (χ1) is 24.3. The number of nitrogens with one attached hydrogen (secondary N) is 2. The summed E-state index contributed by atoms with van der Waals surface area (Å²) < 4.78 is 5.75. The van der Waals surface area contributed by atoms with Crippen LogP contribution in [0.4, 0.5) is 23.1 Å². The summed E-state index contributed by atoms with van der Waals surface area (Å²) in [6, 6.07) is 5.95. The fourth-order valence-electron chi connectivity index (χ4n) is 8.71. The summed E-state index contributed by atoms with van der Waals surface area (Å²) in [7, 11) is 5.47. The maximum absolute atomic E-state index is 13.4. The van der Waals surface area contributed by atoms with Crippen LogP contribution in [-0.2, 0) is 4.79 Å². The van der Waals surface area contributed by atoms with Gasteiger partial charge in [-0.3, -0.25) is 19.5 Å². The van der Waals surface area contributed by atoms with Crippen molar-refractivity contribution in [3.8, 4) is 5.75 Å². The number of carbonyl (C=O) groups excluding carboxylic acids is 2. The number of benzene rings is 1. The first kappa shape index (κ1) is 34.9. The molecule has 1 saturated heterocycles. The Morgan fingerprint density at radius 1 is 1.00 bits per heavy atom. The largest absolute Gasteiger partial charge is 0.495 e. The van der Waals surface area contributed by atoms with E-state index in [0.29, 0.717) is 52.8 Å². The highest BCUT2D eigenvalue weighted by molar-refractivity contribution is 6.04. The van der Waals surface area contributed by atoms with Crippen molar-refractivity contribution >= 4 is 35.0 Å². The number of piperazine rings is 1. The van der Waals surface area contributed by atoms with Gasteiger partial charge in [-0.1, -0.05) is 19.8 Å². The molecule has 2 amide bonds. The number of rotatable bonds is 12. The van der Waals surface area contributed by atoms with Crippen LogP contribution in [0, 0.1) is 11.8 Å². The predicted molar refractivity (Wildman–Crippen MR) is 197 cm³/mol. The number of anilines is 4. The van der Waals surface area contributed by atoms with Crippen molar-refractivity contribution in [3.63, 3.8) is 0 Å². The van der Waals surface area contributed by atoms with Gasteiger partial charge in [0.15, 0.2) is 5.82 Å². The summed E-state index contributed by atoms with van der Waals surface area (Å²) >= 11 is 0. The van der Waals surface area contributed by atoms with Crippen LogP contribution < -0.4 is 25.3 Å². The minimum Gasteiger partial charge on any atom is -0.495 e. The lowest BCUT2D eigenvalue weighted by molar-refractivity contribution is -0.120. The third-order valence-corrected chi connectivity index (χ3v) is 11.9. The molecule has 3 aliphatic carbocycles. The number of likely N-dealkylation sites (N-methyl/N-ethyl adjacent to an activating group) is 1. The topological polar surface area (TPSA) is 109 Å². The maximum Gasteiger partial charge on any atom is 0.251 e. The molecular formula is C38H57N9O3. The van der Waals surface area contributed by atoms with Gasteiger partial charge in [-0.05, 0) is 87.8 Å². The number of nitrogens with zero attached hydrogens (tertiary/aromatic N) is 7. The fourth-order valence-corrected chi connectivity index (χ4v) is 8.71. The molecule has 7 rings (SSSR count). The quantitative estimate of drug-likeness (QED) is 0.320. The van der Waals surface area contributed by atoms with Crippen molar-refractivity contribution < 1.29 is 14.3 Å². The SMILES string of the molecule is CCC1C(=O)N(C)c2cnc(Nc3ccc(C(=O)NC4CCC(N5CCN(CC6CC6)CC5)CC4)cc3OC)nc2N1N(C)CC1CCCC1. The Labute approximate surface area is 297 Å². The normalized spacial score (nSPS) is 25.2. The third-order valence-electron chi connectivity index (χ3n) is 11.9. The summed E-state index contributed by atoms with van der Waals surface area (Å²) in [4.78, 5) is 43.4. The minimum absolute atomic E-state index is 0.0450. The molecule has 1 aromatic heterocycles. The first-order valence-electron chi connectivity index (χ1n) is 19.2. The molecule has 0 spiro atoms. The van der Waals surface area contributed by atoms with Crippen molar-refractivity contribution in [2.45, 2.75) is 95.7 Å². The standard InChI is InChI=1S/C38H57N9O3/c1-5-32-37(49)44(3)33-23-39-38(42-35(33)47(32)43(2)24-26-8-6-7-9-26)41-31-17-12-28(22-34(31)50-4)36(48)40-29-13-15-30(16-14-29)46-20-18-45(19-21-46)25-27-10-11-27/h12,17,22-23,26-27,29-30,32H,5-11,13-16,18-21,24-25H2,1-4H3,(H,40,48)(H,39,41,42). The molecule has 272 valence electrons. The Morgan fingerprint density at radius 2 is 1.74 bits per heavy atom. The minimum atomic E-state index is -0.337. The molecule has 3 heterocycles. The zero-order valence-corrected chi connectivity index (χ0v) is 30.6. The second kappa shape index (κ2) is 15.4. The van der Waals surface area contributed by atoms with Gasteiger partial charge in [0.05, 0.1) is 19.0 Å². The summed E-state index contributed by atoms with van der Waals surface area (Å²) in [5, 5.41) is 10.9. The van der Waals surface area contributed by atoms with Gasteiger partial charge in [-0.2, -0.15) is 4.98 Å². The van der Waals surface area contributed by atoms with E-state index in [9.17, 15) is 9.59 Å². The van der Waals surface area contributed by atoms with E-state index in [1.54, 1.807) is 31.3 Å². The van der Waals surface area contributed by atoms with E-state index in [-0.39, 0.29) is 23.9 Å². The zero-order valence-electron chi connectivity index (χ0n) is 30.6. The van der Waals surface area contributed by atoms with Crippen LogP contribution in [0.2, 0.25) is 0 Å².